The minimum atomic E-state index is -0.685. The summed E-state index contributed by atoms with van der Waals surface area (Å²) in [7, 11) is 3.43. The van der Waals surface area contributed by atoms with Crippen LogP contribution in [0.25, 0.3) is 10.9 Å². The molecule has 1 N–H and O–H groups in total. The molecule has 1 aliphatic rings. The second-order valence-electron chi connectivity index (χ2n) is 10.6. The van der Waals surface area contributed by atoms with Crippen LogP contribution in [0.2, 0.25) is 0 Å². The largest absolute Gasteiger partial charge is 0.497 e. The summed E-state index contributed by atoms with van der Waals surface area (Å²) in [4.78, 5) is 18.4. The van der Waals surface area contributed by atoms with Crippen molar-refractivity contribution in [3.63, 3.8) is 0 Å². The van der Waals surface area contributed by atoms with Crippen LogP contribution in [-0.4, -0.2) is 54.8 Å². The van der Waals surface area contributed by atoms with Gasteiger partial charge in [0.05, 0.1) is 19.7 Å². The fourth-order valence-corrected chi connectivity index (χ4v) is 6.02. The Morgan fingerprint density at radius 1 is 0.974 bits per heavy atom. The van der Waals surface area contributed by atoms with Gasteiger partial charge in [0.1, 0.15) is 11.5 Å². The van der Waals surface area contributed by atoms with Crippen molar-refractivity contribution in [2.45, 2.75) is 57.8 Å². The number of fused-ring (bicyclic) bond motifs is 1. The van der Waals surface area contributed by atoms with Crippen molar-refractivity contribution >= 4 is 16.9 Å². The molecule has 1 fully saturated rings. The van der Waals surface area contributed by atoms with Gasteiger partial charge in [-0.1, -0.05) is 18.2 Å². The zero-order chi connectivity index (χ0) is 26.7. The van der Waals surface area contributed by atoms with Crippen LogP contribution in [0, 0.1) is 11.8 Å². The number of aryl methyl sites for hydroxylation is 2. The van der Waals surface area contributed by atoms with Crippen molar-refractivity contribution in [3.8, 4) is 11.5 Å². The number of para-hydroxylation sites is 1. The molecule has 1 aliphatic heterocycles. The third-order valence-electron chi connectivity index (χ3n) is 8.13. The van der Waals surface area contributed by atoms with Crippen LogP contribution in [0.3, 0.4) is 0 Å². The fourth-order valence-electron chi connectivity index (χ4n) is 6.02. The number of methoxy groups -OCH3 is 2. The van der Waals surface area contributed by atoms with Crippen LogP contribution in [0.5, 0.6) is 11.5 Å². The van der Waals surface area contributed by atoms with Crippen molar-refractivity contribution in [1.82, 2.24) is 9.88 Å². The molecule has 0 saturated carbocycles. The number of benzene rings is 2. The van der Waals surface area contributed by atoms with Crippen molar-refractivity contribution < 1.29 is 19.4 Å². The van der Waals surface area contributed by atoms with E-state index in [0.29, 0.717) is 11.8 Å². The van der Waals surface area contributed by atoms with E-state index in [1.807, 2.05) is 30.5 Å². The second-order valence-corrected chi connectivity index (χ2v) is 10.6. The Kier molecular flexibility index (Phi) is 10.4. The number of hydrogen-bond donors (Lipinski definition) is 1. The van der Waals surface area contributed by atoms with Gasteiger partial charge in [-0.05, 0) is 118 Å². The number of piperidine rings is 1. The predicted molar refractivity (Wildman–Crippen MR) is 152 cm³/mol. The lowest BCUT2D eigenvalue weighted by Gasteiger charge is -2.39. The van der Waals surface area contributed by atoms with Gasteiger partial charge in [-0.15, -0.1) is 0 Å². The molecular weight excluding hydrogens is 476 g/mol. The van der Waals surface area contributed by atoms with Gasteiger partial charge in [-0.2, -0.15) is 0 Å². The molecule has 0 radical (unpaired) electrons. The Bertz CT molecular complexity index is 1180. The first-order valence-corrected chi connectivity index (χ1v) is 14.0. The Morgan fingerprint density at radius 2 is 1.82 bits per heavy atom. The molecule has 6 heteroatoms. The van der Waals surface area contributed by atoms with E-state index in [0.717, 1.165) is 93.4 Å². The molecule has 204 valence electrons. The summed E-state index contributed by atoms with van der Waals surface area (Å²) in [5.74, 6) is 2.18. The van der Waals surface area contributed by atoms with Crippen molar-refractivity contribution in [3.05, 3.63) is 65.9 Å². The molecule has 0 aliphatic carbocycles. The van der Waals surface area contributed by atoms with Crippen molar-refractivity contribution in [2.75, 3.05) is 33.9 Å². The number of rotatable bonds is 14. The van der Waals surface area contributed by atoms with E-state index in [4.69, 9.17) is 9.47 Å². The topological polar surface area (TPSA) is 71.9 Å². The van der Waals surface area contributed by atoms with Crippen LogP contribution in [0.15, 0.2) is 54.7 Å². The van der Waals surface area contributed by atoms with E-state index < -0.39 is 5.97 Å². The first-order valence-electron chi connectivity index (χ1n) is 14.0. The zero-order valence-corrected chi connectivity index (χ0v) is 22.9. The molecule has 2 heterocycles. The summed E-state index contributed by atoms with van der Waals surface area (Å²) < 4.78 is 10.9. The number of aromatic nitrogens is 1. The van der Waals surface area contributed by atoms with Crippen LogP contribution in [0.4, 0.5) is 0 Å². The Labute approximate surface area is 227 Å². The average Bonchev–Trinajstić information content (AvgIpc) is 2.95. The van der Waals surface area contributed by atoms with E-state index in [1.165, 1.54) is 11.1 Å². The summed E-state index contributed by atoms with van der Waals surface area (Å²) in [6.45, 7) is 3.20. The third-order valence-corrected chi connectivity index (χ3v) is 8.13. The maximum Gasteiger partial charge on any atom is 0.303 e. The molecule has 6 nitrogen and oxygen atoms in total. The standard InChI is InChI=1S/C32H42N2O4/c1-37-28-14-15-30-29(22-28)25(17-19-33-30)11-7-10-24-18-21-34(23-27(24)13-16-32(35)36)20-6-5-9-26-8-3-4-12-31(26)38-2/h3-4,8,12,14-15,17,19,22,24,27H,5-7,9-11,13,16,18,20-21,23H2,1-2H3,(H,35,36). The van der Waals surface area contributed by atoms with Gasteiger partial charge in [0.2, 0.25) is 0 Å². The highest BCUT2D eigenvalue weighted by molar-refractivity contribution is 5.83. The number of ether oxygens (including phenoxy) is 2. The van der Waals surface area contributed by atoms with Gasteiger partial charge in [0.15, 0.2) is 0 Å². The number of unbranched alkanes of at least 4 members (excludes halogenated alkanes) is 1. The molecule has 1 aromatic heterocycles. The maximum atomic E-state index is 11.4. The first kappa shape index (κ1) is 27.9. The third kappa shape index (κ3) is 7.70. The monoisotopic (exact) mass is 518 g/mol. The van der Waals surface area contributed by atoms with Crippen LogP contribution in [0.1, 0.15) is 56.1 Å². The SMILES string of the molecule is COc1ccc2nccc(CCCC3CCN(CCCCc4ccccc4OC)CC3CCC(=O)O)c2c1. The number of aliphatic carboxylic acids is 1. The van der Waals surface area contributed by atoms with Crippen LogP contribution < -0.4 is 9.47 Å². The Balaban J connectivity index is 1.28. The van der Waals surface area contributed by atoms with Crippen LogP contribution >= 0.6 is 0 Å². The van der Waals surface area contributed by atoms with Crippen molar-refractivity contribution in [2.24, 2.45) is 11.8 Å². The van der Waals surface area contributed by atoms with Gasteiger partial charge < -0.3 is 19.5 Å². The summed E-state index contributed by atoms with van der Waals surface area (Å²) in [5, 5.41) is 10.5. The number of hydrogen-bond acceptors (Lipinski definition) is 5. The predicted octanol–water partition coefficient (Wildman–Crippen LogP) is 6.40. The minimum Gasteiger partial charge on any atom is -0.497 e. The minimum absolute atomic E-state index is 0.262. The molecular formula is C32H42N2O4. The number of nitrogens with zero attached hydrogens (tertiary/aromatic N) is 2. The molecule has 38 heavy (non-hydrogen) atoms. The molecule has 0 amide bonds. The lowest BCUT2D eigenvalue weighted by atomic mass is 9.79. The van der Waals surface area contributed by atoms with Gasteiger partial charge in [-0.25, -0.2) is 0 Å². The lowest BCUT2D eigenvalue weighted by molar-refractivity contribution is -0.137. The summed E-state index contributed by atoms with van der Waals surface area (Å²) in [5.41, 5.74) is 3.58. The molecule has 2 unspecified atom stereocenters. The van der Waals surface area contributed by atoms with E-state index in [2.05, 4.69) is 34.1 Å². The molecule has 4 rings (SSSR count). The molecule has 3 aromatic rings. The van der Waals surface area contributed by atoms with Gasteiger partial charge >= 0.3 is 5.97 Å². The number of pyridine rings is 1. The van der Waals surface area contributed by atoms with E-state index >= 15 is 0 Å². The highest BCUT2D eigenvalue weighted by Crippen LogP contribution is 2.32. The lowest BCUT2D eigenvalue weighted by Crippen LogP contribution is -2.41. The number of carboxylic acids is 1. The second kappa shape index (κ2) is 14.1. The fraction of sp³-hybridized carbons (Fsp3) is 0.500. The number of carbonyl (C=O) groups is 1. The Morgan fingerprint density at radius 3 is 2.63 bits per heavy atom. The quantitative estimate of drug-likeness (QED) is 0.249. The highest BCUT2D eigenvalue weighted by Gasteiger charge is 2.29. The molecule has 0 spiro atoms. The van der Waals surface area contributed by atoms with Gasteiger partial charge in [0, 0.05) is 24.5 Å². The maximum absolute atomic E-state index is 11.4. The molecule has 1 saturated heterocycles. The summed E-state index contributed by atoms with van der Waals surface area (Å²) >= 11 is 0. The average molecular weight is 519 g/mol. The first-order chi connectivity index (χ1) is 18.6. The zero-order valence-electron chi connectivity index (χ0n) is 22.9. The van der Waals surface area contributed by atoms with Crippen molar-refractivity contribution in [1.29, 1.82) is 0 Å². The molecule has 0 bridgehead atoms. The number of likely N-dealkylation sites (tertiary alicyclic amines) is 1. The van der Waals surface area contributed by atoms with E-state index in [9.17, 15) is 9.90 Å². The highest BCUT2D eigenvalue weighted by atomic mass is 16.5. The molecule has 2 atom stereocenters. The van der Waals surface area contributed by atoms with E-state index in [1.54, 1.807) is 14.2 Å². The normalized spacial score (nSPS) is 17.9. The smallest absolute Gasteiger partial charge is 0.303 e. The summed E-state index contributed by atoms with van der Waals surface area (Å²) in [6, 6.07) is 16.4. The molecule has 2 aromatic carbocycles. The van der Waals surface area contributed by atoms with Gasteiger partial charge in [-0.3, -0.25) is 9.78 Å². The summed E-state index contributed by atoms with van der Waals surface area (Å²) in [6.07, 6.45) is 10.6. The Hall–Kier alpha value is -3.12. The van der Waals surface area contributed by atoms with E-state index in [-0.39, 0.29) is 6.42 Å². The number of carboxylic acid groups (broad SMARTS) is 1. The van der Waals surface area contributed by atoms with Gasteiger partial charge in [0.25, 0.3) is 0 Å². The van der Waals surface area contributed by atoms with Crippen LogP contribution in [-0.2, 0) is 17.6 Å².